The molecule has 2 N–H and O–H groups in total. The number of hydrogen-bond acceptors (Lipinski definition) is 6. The highest BCUT2D eigenvalue weighted by atomic mass is 32.1. The van der Waals surface area contributed by atoms with Gasteiger partial charge in [0.1, 0.15) is 11.5 Å². The fraction of sp³-hybridized carbons (Fsp3) is 0.458. The van der Waals surface area contributed by atoms with Crippen LogP contribution in [0, 0.1) is 0 Å². The second-order valence-corrected chi connectivity index (χ2v) is 8.58. The molecule has 1 aliphatic rings. The van der Waals surface area contributed by atoms with Crippen molar-refractivity contribution in [2.24, 2.45) is 0 Å². The van der Waals surface area contributed by atoms with Crippen molar-refractivity contribution in [1.82, 2.24) is 4.90 Å². The number of nitrogens with zero attached hydrogens (tertiary/aromatic N) is 1. The molecule has 8 nitrogen and oxygen atoms in total. The summed E-state index contributed by atoms with van der Waals surface area (Å²) in [6.07, 6.45) is 3.44. The number of hydrogen-bond donors (Lipinski definition) is 2. The molecule has 2 aromatic rings. The number of rotatable bonds is 10. The first-order chi connectivity index (χ1) is 16.0. The van der Waals surface area contributed by atoms with E-state index in [2.05, 4.69) is 10.6 Å². The molecule has 1 aromatic heterocycles. The van der Waals surface area contributed by atoms with Crippen LogP contribution in [0.2, 0.25) is 0 Å². The Kier molecular flexibility index (Phi) is 9.12. The second kappa shape index (κ2) is 12.2. The largest absolute Gasteiger partial charge is 0.492 e. The number of ether oxygens (including phenoxy) is 2. The lowest BCUT2D eigenvalue weighted by molar-refractivity contribution is -0.133. The predicted molar refractivity (Wildman–Crippen MR) is 129 cm³/mol. The molecule has 178 valence electrons. The summed E-state index contributed by atoms with van der Waals surface area (Å²) >= 11 is 1.34. The van der Waals surface area contributed by atoms with Gasteiger partial charge in [-0.2, -0.15) is 0 Å². The molecule has 9 heteroatoms. The highest BCUT2D eigenvalue weighted by Crippen LogP contribution is 2.37. The topological polar surface area (TPSA) is 97.0 Å². The SMILES string of the molecule is CCOc1cc(NC(=O)c2cccs2)c(OCC)cc1NC(=O)CCC(=O)N1CCCCC1. The van der Waals surface area contributed by atoms with Gasteiger partial charge in [0.25, 0.3) is 5.91 Å². The number of benzene rings is 1. The van der Waals surface area contributed by atoms with Gasteiger partial charge in [0.05, 0.1) is 29.5 Å². The number of anilines is 2. The Labute approximate surface area is 198 Å². The molecule has 33 heavy (non-hydrogen) atoms. The molecule has 1 aliphatic heterocycles. The molecule has 3 amide bonds. The van der Waals surface area contributed by atoms with E-state index in [1.54, 1.807) is 18.2 Å². The molecule has 1 aromatic carbocycles. The maximum atomic E-state index is 12.6. The standard InChI is InChI=1S/C24H31N3O5S/c1-3-31-19-16-18(26-24(30)21-9-8-14-33-21)20(32-4-2)15-17(19)25-22(28)10-11-23(29)27-12-6-5-7-13-27/h8-9,14-16H,3-7,10-13H2,1-2H3,(H,25,28)(H,26,30). The second-order valence-electron chi connectivity index (χ2n) is 7.63. The summed E-state index contributed by atoms with van der Waals surface area (Å²) in [5.41, 5.74) is 0.891. The van der Waals surface area contributed by atoms with Crippen molar-refractivity contribution >= 4 is 40.4 Å². The molecule has 1 saturated heterocycles. The maximum absolute atomic E-state index is 12.6. The number of amides is 3. The van der Waals surface area contributed by atoms with E-state index in [9.17, 15) is 14.4 Å². The Morgan fingerprint density at radius 1 is 0.939 bits per heavy atom. The molecule has 3 rings (SSSR count). The van der Waals surface area contributed by atoms with Crippen molar-refractivity contribution in [1.29, 1.82) is 0 Å². The van der Waals surface area contributed by atoms with Crippen LogP contribution in [0.5, 0.6) is 11.5 Å². The zero-order chi connectivity index (χ0) is 23.6. The van der Waals surface area contributed by atoms with Gasteiger partial charge in [-0.1, -0.05) is 6.07 Å². The average Bonchev–Trinajstić information content (AvgIpc) is 3.36. The quantitative estimate of drug-likeness (QED) is 0.528. The van der Waals surface area contributed by atoms with Crippen LogP contribution in [-0.4, -0.2) is 48.9 Å². The van der Waals surface area contributed by atoms with Gasteiger partial charge < -0.3 is 25.0 Å². The molecule has 0 saturated carbocycles. The van der Waals surface area contributed by atoms with E-state index in [0.717, 1.165) is 32.4 Å². The number of carbonyl (C=O) groups is 3. The molecular formula is C24H31N3O5S. The van der Waals surface area contributed by atoms with Crippen molar-refractivity contribution < 1.29 is 23.9 Å². The third-order valence-corrected chi connectivity index (χ3v) is 6.09. The van der Waals surface area contributed by atoms with Gasteiger partial charge >= 0.3 is 0 Å². The summed E-state index contributed by atoms with van der Waals surface area (Å²) in [5.74, 6) is 0.320. The van der Waals surface area contributed by atoms with Crippen molar-refractivity contribution in [2.45, 2.75) is 46.0 Å². The Balaban J connectivity index is 1.71. The molecule has 0 spiro atoms. The summed E-state index contributed by atoms with van der Waals surface area (Å²) in [5, 5.41) is 7.52. The molecular weight excluding hydrogens is 442 g/mol. The van der Waals surface area contributed by atoms with Gasteiger partial charge in [0.2, 0.25) is 11.8 Å². The minimum atomic E-state index is -0.279. The Bertz CT molecular complexity index is 955. The van der Waals surface area contributed by atoms with Crippen LogP contribution in [0.15, 0.2) is 29.6 Å². The Hall–Kier alpha value is -3.07. The highest BCUT2D eigenvalue weighted by molar-refractivity contribution is 7.12. The molecule has 0 aliphatic carbocycles. The van der Waals surface area contributed by atoms with E-state index in [1.165, 1.54) is 11.3 Å². The van der Waals surface area contributed by atoms with Crippen LogP contribution in [-0.2, 0) is 9.59 Å². The summed E-state index contributed by atoms with van der Waals surface area (Å²) in [6.45, 7) is 5.97. The number of nitrogens with one attached hydrogen (secondary N) is 2. The number of thiophene rings is 1. The van der Waals surface area contributed by atoms with E-state index >= 15 is 0 Å². The fourth-order valence-corrected chi connectivity index (χ4v) is 4.25. The van der Waals surface area contributed by atoms with Crippen LogP contribution in [0.3, 0.4) is 0 Å². The lowest BCUT2D eigenvalue weighted by Crippen LogP contribution is -2.35. The van der Waals surface area contributed by atoms with Crippen molar-refractivity contribution in [3.05, 3.63) is 34.5 Å². The van der Waals surface area contributed by atoms with E-state index in [0.29, 0.717) is 41.0 Å². The first-order valence-corrected chi connectivity index (χ1v) is 12.3. The van der Waals surface area contributed by atoms with E-state index < -0.39 is 0 Å². The summed E-state index contributed by atoms with van der Waals surface area (Å²) in [6, 6.07) is 6.84. The lowest BCUT2D eigenvalue weighted by Gasteiger charge is -2.26. The normalized spacial score (nSPS) is 13.3. The van der Waals surface area contributed by atoms with Crippen LogP contribution in [0.4, 0.5) is 11.4 Å². The van der Waals surface area contributed by atoms with E-state index in [4.69, 9.17) is 9.47 Å². The van der Waals surface area contributed by atoms with Crippen LogP contribution < -0.4 is 20.1 Å². The number of piperidine rings is 1. The minimum absolute atomic E-state index is 0.0107. The summed E-state index contributed by atoms with van der Waals surface area (Å²) in [7, 11) is 0. The summed E-state index contributed by atoms with van der Waals surface area (Å²) in [4.78, 5) is 39.9. The van der Waals surface area contributed by atoms with Crippen LogP contribution >= 0.6 is 11.3 Å². The Morgan fingerprint density at radius 3 is 2.15 bits per heavy atom. The fourth-order valence-electron chi connectivity index (χ4n) is 3.63. The van der Waals surface area contributed by atoms with Gasteiger partial charge in [-0.3, -0.25) is 14.4 Å². The molecule has 2 heterocycles. The zero-order valence-corrected chi connectivity index (χ0v) is 20.0. The molecule has 0 bridgehead atoms. The van der Waals surface area contributed by atoms with E-state index in [-0.39, 0.29) is 30.6 Å². The smallest absolute Gasteiger partial charge is 0.265 e. The third kappa shape index (κ3) is 6.95. The average molecular weight is 474 g/mol. The van der Waals surface area contributed by atoms with Gasteiger partial charge in [-0.15, -0.1) is 11.3 Å². The first-order valence-electron chi connectivity index (χ1n) is 11.4. The van der Waals surface area contributed by atoms with Gasteiger partial charge in [-0.05, 0) is 44.6 Å². The summed E-state index contributed by atoms with van der Waals surface area (Å²) < 4.78 is 11.4. The third-order valence-electron chi connectivity index (χ3n) is 5.22. The highest BCUT2D eigenvalue weighted by Gasteiger charge is 2.20. The van der Waals surface area contributed by atoms with Crippen molar-refractivity contribution in [3.8, 4) is 11.5 Å². The van der Waals surface area contributed by atoms with Crippen LogP contribution in [0.25, 0.3) is 0 Å². The van der Waals surface area contributed by atoms with Crippen LogP contribution in [0.1, 0.15) is 55.6 Å². The minimum Gasteiger partial charge on any atom is -0.492 e. The number of likely N-dealkylation sites (tertiary alicyclic amines) is 1. The van der Waals surface area contributed by atoms with Crippen molar-refractivity contribution in [2.75, 3.05) is 36.9 Å². The first kappa shape index (κ1) is 24.6. The molecule has 0 atom stereocenters. The van der Waals surface area contributed by atoms with Gasteiger partial charge in [-0.25, -0.2) is 0 Å². The molecule has 0 radical (unpaired) electrons. The molecule has 1 fully saturated rings. The lowest BCUT2D eigenvalue weighted by atomic mass is 10.1. The van der Waals surface area contributed by atoms with Crippen molar-refractivity contribution in [3.63, 3.8) is 0 Å². The Morgan fingerprint density at radius 2 is 1.58 bits per heavy atom. The van der Waals surface area contributed by atoms with E-state index in [1.807, 2.05) is 30.2 Å². The zero-order valence-electron chi connectivity index (χ0n) is 19.1. The van der Waals surface area contributed by atoms with Gasteiger partial charge in [0, 0.05) is 38.1 Å². The van der Waals surface area contributed by atoms with Gasteiger partial charge in [0.15, 0.2) is 0 Å². The molecule has 0 unspecified atom stereocenters. The monoisotopic (exact) mass is 473 g/mol. The maximum Gasteiger partial charge on any atom is 0.265 e. The number of carbonyl (C=O) groups excluding carboxylic acids is 3. The predicted octanol–water partition coefficient (Wildman–Crippen LogP) is 4.53.